The van der Waals surface area contributed by atoms with Gasteiger partial charge in [-0.3, -0.25) is 4.79 Å². The fraction of sp³-hybridized carbons (Fsp3) is 0.250. The first-order valence-corrected chi connectivity index (χ1v) is 7.41. The van der Waals surface area contributed by atoms with E-state index in [1.807, 2.05) is 0 Å². The highest BCUT2D eigenvalue weighted by Gasteiger charge is 2.25. The Morgan fingerprint density at radius 1 is 1.53 bits per heavy atom. The molecule has 2 aromatic heterocycles. The van der Waals surface area contributed by atoms with Gasteiger partial charge in [0.25, 0.3) is 5.56 Å². The summed E-state index contributed by atoms with van der Waals surface area (Å²) in [5.74, 6) is -0.951. The maximum Gasteiger partial charge on any atom is 0.345 e. The lowest BCUT2D eigenvalue weighted by molar-refractivity contribution is 0.0702. The zero-order valence-electron chi connectivity index (χ0n) is 9.78. The standard InChI is InChI=1S/C12H10N2O3S2/c15-11-10(13-3-4-14(11)7-1-2-7)19-8-5-9(12(16)17)18-6-8/h3-7H,1-2H2,(H,16,17). The number of aromatic nitrogens is 2. The van der Waals surface area contributed by atoms with Crippen LogP contribution in [0.2, 0.25) is 0 Å². The molecule has 98 valence electrons. The summed E-state index contributed by atoms with van der Waals surface area (Å²) in [6.07, 6.45) is 5.40. The minimum atomic E-state index is -0.951. The molecular formula is C12H10N2O3S2. The number of rotatable bonds is 4. The van der Waals surface area contributed by atoms with Crippen molar-refractivity contribution in [1.82, 2.24) is 9.55 Å². The highest BCUT2D eigenvalue weighted by molar-refractivity contribution is 7.99. The second-order valence-corrected chi connectivity index (χ2v) is 6.20. The molecule has 19 heavy (non-hydrogen) atoms. The van der Waals surface area contributed by atoms with Crippen molar-refractivity contribution in [2.45, 2.75) is 28.8 Å². The van der Waals surface area contributed by atoms with Crippen LogP contribution in [0.1, 0.15) is 28.6 Å². The van der Waals surface area contributed by atoms with Crippen LogP contribution in [0.15, 0.2) is 38.6 Å². The molecule has 2 heterocycles. The predicted molar refractivity (Wildman–Crippen MR) is 72.2 cm³/mol. The summed E-state index contributed by atoms with van der Waals surface area (Å²) in [6, 6.07) is 1.87. The van der Waals surface area contributed by atoms with Crippen LogP contribution in [0, 0.1) is 0 Å². The Bertz CT molecular complexity index is 688. The van der Waals surface area contributed by atoms with Gasteiger partial charge in [0.1, 0.15) is 4.88 Å². The number of carboxylic acid groups (broad SMARTS) is 1. The maximum atomic E-state index is 12.2. The molecule has 1 aliphatic rings. The second kappa shape index (κ2) is 4.82. The van der Waals surface area contributed by atoms with Crippen molar-refractivity contribution in [2.24, 2.45) is 0 Å². The van der Waals surface area contributed by atoms with Crippen molar-refractivity contribution < 1.29 is 9.90 Å². The molecule has 1 fully saturated rings. The number of hydrogen-bond donors (Lipinski definition) is 1. The zero-order valence-corrected chi connectivity index (χ0v) is 11.4. The van der Waals surface area contributed by atoms with Gasteiger partial charge in [-0.25, -0.2) is 9.78 Å². The van der Waals surface area contributed by atoms with E-state index in [1.54, 1.807) is 28.4 Å². The molecule has 3 rings (SSSR count). The fourth-order valence-electron chi connectivity index (χ4n) is 1.71. The number of carboxylic acids is 1. The first-order valence-electron chi connectivity index (χ1n) is 5.72. The molecular weight excluding hydrogens is 284 g/mol. The summed E-state index contributed by atoms with van der Waals surface area (Å²) in [5.41, 5.74) is -0.0990. The van der Waals surface area contributed by atoms with Gasteiger partial charge < -0.3 is 9.67 Å². The highest BCUT2D eigenvalue weighted by Crippen LogP contribution is 2.34. The van der Waals surface area contributed by atoms with E-state index in [0.717, 1.165) is 29.1 Å². The maximum absolute atomic E-state index is 12.2. The first-order chi connectivity index (χ1) is 9.15. The Morgan fingerprint density at radius 3 is 2.95 bits per heavy atom. The lowest BCUT2D eigenvalue weighted by atomic mass is 10.5. The van der Waals surface area contributed by atoms with Gasteiger partial charge in [0.05, 0.1) is 0 Å². The molecule has 2 aromatic rings. The normalized spacial score (nSPS) is 14.5. The summed E-state index contributed by atoms with van der Waals surface area (Å²) < 4.78 is 1.71. The third kappa shape index (κ3) is 2.57. The average Bonchev–Trinajstić information content (AvgIpc) is 3.11. The Balaban J connectivity index is 1.88. The summed E-state index contributed by atoms with van der Waals surface area (Å²) in [5, 5.41) is 11.0. The van der Waals surface area contributed by atoms with E-state index in [2.05, 4.69) is 4.98 Å². The highest BCUT2D eigenvalue weighted by atomic mass is 32.2. The van der Waals surface area contributed by atoms with Crippen LogP contribution < -0.4 is 5.56 Å². The molecule has 1 saturated carbocycles. The molecule has 0 atom stereocenters. The van der Waals surface area contributed by atoms with Gasteiger partial charge >= 0.3 is 5.97 Å². The van der Waals surface area contributed by atoms with E-state index in [9.17, 15) is 9.59 Å². The Morgan fingerprint density at radius 2 is 2.32 bits per heavy atom. The SMILES string of the molecule is O=C(O)c1cc(Sc2nccn(C3CC3)c2=O)cs1. The van der Waals surface area contributed by atoms with Crippen LogP contribution in [0.4, 0.5) is 0 Å². The van der Waals surface area contributed by atoms with Crippen molar-refractivity contribution in [3.05, 3.63) is 39.1 Å². The summed E-state index contributed by atoms with van der Waals surface area (Å²) in [7, 11) is 0. The van der Waals surface area contributed by atoms with Crippen LogP contribution in [-0.4, -0.2) is 20.6 Å². The van der Waals surface area contributed by atoms with Crippen molar-refractivity contribution in [3.8, 4) is 0 Å². The van der Waals surface area contributed by atoms with Crippen LogP contribution in [-0.2, 0) is 0 Å². The summed E-state index contributed by atoms with van der Waals surface area (Å²) >= 11 is 2.36. The van der Waals surface area contributed by atoms with Gasteiger partial charge in [-0.1, -0.05) is 11.8 Å². The number of carbonyl (C=O) groups is 1. The minimum absolute atomic E-state index is 0.0990. The molecule has 0 bridgehead atoms. The molecule has 0 amide bonds. The molecule has 0 spiro atoms. The van der Waals surface area contributed by atoms with Crippen molar-refractivity contribution in [2.75, 3.05) is 0 Å². The molecule has 0 unspecified atom stereocenters. The van der Waals surface area contributed by atoms with Crippen molar-refractivity contribution in [3.63, 3.8) is 0 Å². The van der Waals surface area contributed by atoms with Gasteiger partial charge in [-0.05, 0) is 18.9 Å². The largest absolute Gasteiger partial charge is 0.477 e. The smallest absolute Gasteiger partial charge is 0.345 e. The first kappa shape index (κ1) is 12.4. The van der Waals surface area contributed by atoms with E-state index in [0.29, 0.717) is 11.1 Å². The number of thiophene rings is 1. The number of hydrogen-bond acceptors (Lipinski definition) is 5. The third-order valence-electron chi connectivity index (χ3n) is 2.78. The summed E-state index contributed by atoms with van der Waals surface area (Å²) in [4.78, 5) is 28.1. The van der Waals surface area contributed by atoms with Gasteiger partial charge in [0.15, 0.2) is 5.03 Å². The van der Waals surface area contributed by atoms with Crippen LogP contribution >= 0.6 is 23.1 Å². The van der Waals surface area contributed by atoms with Crippen molar-refractivity contribution in [1.29, 1.82) is 0 Å². The van der Waals surface area contributed by atoms with Gasteiger partial charge in [-0.2, -0.15) is 0 Å². The van der Waals surface area contributed by atoms with Crippen LogP contribution in [0.5, 0.6) is 0 Å². The van der Waals surface area contributed by atoms with Gasteiger partial charge in [0, 0.05) is 28.7 Å². The number of nitrogens with zero attached hydrogens (tertiary/aromatic N) is 2. The Kier molecular flexibility index (Phi) is 3.16. The lowest BCUT2D eigenvalue weighted by Gasteiger charge is -2.04. The molecule has 0 saturated heterocycles. The number of aromatic carboxylic acids is 1. The van der Waals surface area contributed by atoms with E-state index < -0.39 is 5.97 Å². The molecule has 0 aliphatic heterocycles. The zero-order chi connectivity index (χ0) is 13.4. The summed E-state index contributed by atoms with van der Waals surface area (Å²) in [6.45, 7) is 0. The second-order valence-electron chi connectivity index (χ2n) is 4.23. The van der Waals surface area contributed by atoms with E-state index in [-0.39, 0.29) is 10.4 Å². The Hall–Kier alpha value is -1.60. The molecule has 1 aliphatic carbocycles. The molecule has 0 radical (unpaired) electrons. The van der Waals surface area contributed by atoms with E-state index in [1.165, 1.54) is 11.8 Å². The topological polar surface area (TPSA) is 72.2 Å². The quantitative estimate of drug-likeness (QED) is 0.938. The molecule has 0 aromatic carbocycles. The van der Waals surface area contributed by atoms with Gasteiger partial charge in [0.2, 0.25) is 0 Å². The lowest BCUT2D eigenvalue weighted by Crippen LogP contribution is -2.20. The van der Waals surface area contributed by atoms with Crippen LogP contribution in [0.25, 0.3) is 0 Å². The molecule has 7 heteroatoms. The third-order valence-corrected chi connectivity index (χ3v) is 4.79. The van der Waals surface area contributed by atoms with E-state index in [4.69, 9.17) is 5.11 Å². The predicted octanol–water partition coefficient (Wildman–Crippen LogP) is 2.49. The molecule has 1 N–H and O–H groups in total. The van der Waals surface area contributed by atoms with E-state index >= 15 is 0 Å². The van der Waals surface area contributed by atoms with Crippen molar-refractivity contribution >= 4 is 29.1 Å². The fourth-order valence-corrected chi connectivity index (χ4v) is 3.44. The Labute approximate surface area is 116 Å². The average molecular weight is 294 g/mol. The monoisotopic (exact) mass is 294 g/mol. The minimum Gasteiger partial charge on any atom is -0.477 e. The molecule has 5 nitrogen and oxygen atoms in total. The van der Waals surface area contributed by atoms with Crippen LogP contribution in [0.3, 0.4) is 0 Å². The van der Waals surface area contributed by atoms with Gasteiger partial charge in [-0.15, -0.1) is 11.3 Å².